The Hall–Kier alpha value is -2.80. The highest BCUT2D eigenvalue weighted by Crippen LogP contribution is 2.29. The second kappa shape index (κ2) is 5.45. The minimum atomic E-state index is -1.06. The predicted molar refractivity (Wildman–Crippen MR) is 74.1 cm³/mol. The fraction of sp³-hybridized carbons (Fsp3) is 0.125. The van der Waals surface area contributed by atoms with Crippen molar-refractivity contribution in [2.75, 3.05) is 0 Å². The monoisotopic (exact) mass is 267 g/mol. The van der Waals surface area contributed by atoms with Gasteiger partial charge in [-0.2, -0.15) is 5.26 Å². The fourth-order valence-corrected chi connectivity index (χ4v) is 1.83. The van der Waals surface area contributed by atoms with Crippen molar-refractivity contribution in [3.8, 4) is 17.6 Å². The first-order valence-corrected chi connectivity index (χ1v) is 6.04. The molecule has 2 aromatic carbocycles. The molecule has 0 unspecified atom stereocenters. The van der Waals surface area contributed by atoms with Crippen molar-refractivity contribution in [3.05, 3.63) is 58.7 Å². The van der Waals surface area contributed by atoms with E-state index in [2.05, 4.69) is 0 Å². The van der Waals surface area contributed by atoms with Crippen LogP contribution in [0.5, 0.6) is 11.5 Å². The Labute approximate surface area is 116 Å². The SMILES string of the molecule is Cc1ccc(Oc2cc(C)ccc2C(=O)O)c(C#N)c1. The molecule has 0 bridgehead atoms. The molecule has 0 radical (unpaired) electrons. The van der Waals surface area contributed by atoms with Gasteiger partial charge >= 0.3 is 5.97 Å². The normalized spacial score (nSPS) is 9.85. The van der Waals surface area contributed by atoms with Crippen LogP contribution in [0, 0.1) is 25.2 Å². The zero-order valence-electron chi connectivity index (χ0n) is 11.2. The first-order valence-electron chi connectivity index (χ1n) is 6.04. The quantitative estimate of drug-likeness (QED) is 0.921. The number of hydrogen-bond acceptors (Lipinski definition) is 3. The Morgan fingerprint density at radius 3 is 2.40 bits per heavy atom. The Bertz CT molecular complexity index is 714. The highest BCUT2D eigenvalue weighted by molar-refractivity contribution is 5.91. The van der Waals surface area contributed by atoms with Gasteiger partial charge in [-0.25, -0.2) is 4.79 Å². The van der Waals surface area contributed by atoms with E-state index in [-0.39, 0.29) is 11.3 Å². The summed E-state index contributed by atoms with van der Waals surface area (Å²) in [5.41, 5.74) is 2.27. The van der Waals surface area contributed by atoms with E-state index in [0.717, 1.165) is 11.1 Å². The van der Waals surface area contributed by atoms with Crippen LogP contribution in [0.1, 0.15) is 27.0 Å². The molecule has 0 aliphatic heterocycles. The zero-order valence-corrected chi connectivity index (χ0v) is 11.2. The molecule has 0 atom stereocenters. The molecule has 20 heavy (non-hydrogen) atoms. The lowest BCUT2D eigenvalue weighted by atomic mass is 10.1. The van der Waals surface area contributed by atoms with Gasteiger partial charge in [0.25, 0.3) is 0 Å². The van der Waals surface area contributed by atoms with E-state index in [1.165, 1.54) is 6.07 Å². The van der Waals surface area contributed by atoms with E-state index in [1.807, 2.05) is 26.0 Å². The van der Waals surface area contributed by atoms with Gasteiger partial charge in [-0.15, -0.1) is 0 Å². The maximum absolute atomic E-state index is 11.2. The predicted octanol–water partition coefficient (Wildman–Crippen LogP) is 3.67. The van der Waals surface area contributed by atoms with Crippen molar-refractivity contribution in [2.45, 2.75) is 13.8 Å². The molecule has 0 heterocycles. The van der Waals surface area contributed by atoms with Gasteiger partial charge in [0.1, 0.15) is 23.1 Å². The highest BCUT2D eigenvalue weighted by atomic mass is 16.5. The van der Waals surface area contributed by atoms with E-state index >= 15 is 0 Å². The second-order valence-electron chi connectivity index (χ2n) is 4.52. The summed E-state index contributed by atoms with van der Waals surface area (Å²) in [5, 5.41) is 18.3. The number of carboxylic acid groups (broad SMARTS) is 1. The van der Waals surface area contributed by atoms with Gasteiger partial charge in [0.15, 0.2) is 0 Å². The van der Waals surface area contributed by atoms with Crippen LogP contribution in [0.2, 0.25) is 0 Å². The van der Waals surface area contributed by atoms with Crippen molar-refractivity contribution in [1.29, 1.82) is 5.26 Å². The number of carboxylic acids is 1. The lowest BCUT2D eigenvalue weighted by molar-refractivity contribution is 0.0694. The number of nitrogens with zero attached hydrogens (tertiary/aromatic N) is 1. The van der Waals surface area contributed by atoms with Crippen LogP contribution in [0.4, 0.5) is 0 Å². The molecule has 0 aromatic heterocycles. The van der Waals surface area contributed by atoms with Crippen LogP contribution in [-0.4, -0.2) is 11.1 Å². The molecule has 4 heteroatoms. The summed E-state index contributed by atoms with van der Waals surface area (Å²) >= 11 is 0. The third-order valence-electron chi connectivity index (χ3n) is 2.84. The minimum absolute atomic E-state index is 0.0695. The molecule has 0 fully saturated rings. The molecular weight excluding hydrogens is 254 g/mol. The lowest BCUT2D eigenvalue weighted by Gasteiger charge is -2.11. The van der Waals surface area contributed by atoms with Crippen molar-refractivity contribution >= 4 is 5.97 Å². The molecule has 2 aromatic rings. The van der Waals surface area contributed by atoms with E-state index in [4.69, 9.17) is 15.1 Å². The van der Waals surface area contributed by atoms with Gasteiger partial charge in [0.05, 0.1) is 5.56 Å². The summed E-state index contributed by atoms with van der Waals surface area (Å²) in [6.45, 7) is 3.72. The Morgan fingerprint density at radius 2 is 1.75 bits per heavy atom. The third-order valence-corrected chi connectivity index (χ3v) is 2.84. The molecule has 100 valence electrons. The van der Waals surface area contributed by atoms with Gasteiger partial charge in [0.2, 0.25) is 0 Å². The summed E-state index contributed by atoms with van der Waals surface area (Å²) in [6, 6.07) is 12.1. The molecule has 4 nitrogen and oxygen atoms in total. The summed E-state index contributed by atoms with van der Waals surface area (Å²) in [5.74, 6) is -0.477. The van der Waals surface area contributed by atoms with Crippen LogP contribution in [0.3, 0.4) is 0 Å². The number of ether oxygens (including phenoxy) is 1. The summed E-state index contributed by atoms with van der Waals surface area (Å²) in [4.78, 5) is 11.2. The molecule has 0 saturated heterocycles. The van der Waals surface area contributed by atoms with E-state index in [0.29, 0.717) is 11.3 Å². The number of rotatable bonds is 3. The van der Waals surface area contributed by atoms with Crippen molar-refractivity contribution in [2.24, 2.45) is 0 Å². The maximum Gasteiger partial charge on any atom is 0.339 e. The highest BCUT2D eigenvalue weighted by Gasteiger charge is 2.14. The van der Waals surface area contributed by atoms with Crippen molar-refractivity contribution < 1.29 is 14.6 Å². The first kappa shape index (κ1) is 13.6. The Balaban J connectivity index is 2.47. The lowest BCUT2D eigenvalue weighted by Crippen LogP contribution is -2.01. The molecule has 2 rings (SSSR count). The number of hydrogen-bond donors (Lipinski definition) is 1. The molecule has 0 aliphatic rings. The van der Waals surface area contributed by atoms with Gasteiger partial charge in [-0.1, -0.05) is 12.1 Å². The Kier molecular flexibility index (Phi) is 3.72. The van der Waals surface area contributed by atoms with Gasteiger partial charge in [-0.3, -0.25) is 0 Å². The molecule has 0 saturated carbocycles. The zero-order chi connectivity index (χ0) is 14.7. The van der Waals surface area contributed by atoms with Gasteiger partial charge in [0, 0.05) is 0 Å². The fourth-order valence-electron chi connectivity index (χ4n) is 1.83. The van der Waals surface area contributed by atoms with E-state index < -0.39 is 5.97 Å². The standard InChI is InChI=1S/C16H13NO3/c1-10-4-6-14(12(7-10)9-17)20-15-8-11(2)3-5-13(15)16(18)19/h3-8H,1-2H3,(H,18,19). The summed E-state index contributed by atoms with van der Waals surface area (Å²) in [7, 11) is 0. The van der Waals surface area contributed by atoms with Gasteiger partial charge < -0.3 is 9.84 Å². The molecule has 0 aliphatic carbocycles. The number of aromatic carboxylic acids is 1. The van der Waals surface area contributed by atoms with Crippen molar-refractivity contribution in [1.82, 2.24) is 0 Å². The van der Waals surface area contributed by atoms with Crippen LogP contribution in [0.25, 0.3) is 0 Å². The number of aryl methyl sites for hydroxylation is 2. The smallest absolute Gasteiger partial charge is 0.339 e. The summed E-state index contributed by atoms with van der Waals surface area (Å²) in [6.07, 6.45) is 0. The van der Waals surface area contributed by atoms with Crippen LogP contribution in [-0.2, 0) is 0 Å². The van der Waals surface area contributed by atoms with E-state index in [1.54, 1.807) is 24.3 Å². The first-order chi connectivity index (χ1) is 9.51. The third kappa shape index (κ3) is 2.78. The van der Waals surface area contributed by atoms with E-state index in [9.17, 15) is 4.79 Å². The molecular formula is C16H13NO3. The van der Waals surface area contributed by atoms with Crippen LogP contribution < -0.4 is 4.74 Å². The Morgan fingerprint density at radius 1 is 1.10 bits per heavy atom. The topological polar surface area (TPSA) is 70.3 Å². The molecule has 1 N–H and O–H groups in total. The average Bonchev–Trinajstić information content (AvgIpc) is 2.40. The molecule has 0 amide bonds. The average molecular weight is 267 g/mol. The summed E-state index contributed by atoms with van der Waals surface area (Å²) < 4.78 is 5.63. The number of nitriles is 1. The largest absolute Gasteiger partial charge is 0.478 e. The number of benzene rings is 2. The second-order valence-corrected chi connectivity index (χ2v) is 4.52. The van der Waals surface area contributed by atoms with Crippen molar-refractivity contribution in [3.63, 3.8) is 0 Å². The van der Waals surface area contributed by atoms with Crippen LogP contribution >= 0.6 is 0 Å². The number of carbonyl (C=O) groups is 1. The maximum atomic E-state index is 11.2. The van der Waals surface area contributed by atoms with Gasteiger partial charge in [-0.05, 0) is 49.2 Å². The molecule has 0 spiro atoms. The van der Waals surface area contributed by atoms with Crippen LogP contribution in [0.15, 0.2) is 36.4 Å². The minimum Gasteiger partial charge on any atom is -0.478 e.